The Bertz CT molecular complexity index is 720. The average molecular weight is 370 g/mol. The molecule has 0 spiro atoms. The Morgan fingerprint density at radius 1 is 1.54 bits per heavy atom. The molecule has 1 saturated heterocycles. The first-order valence-electron chi connectivity index (χ1n) is 7.01. The number of thioether (sulfide) groups is 2. The molecule has 0 radical (unpaired) electrons. The smallest absolute Gasteiger partial charge is 0.352 e. The number of likely N-dealkylation sites (N-methyl/N-ethyl adjacent to an activating group) is 1. The number of carbonyl (C=O) groups is 3. The Kier molecular flexibility index (Phi) is 4.76. The van der Waals surface area contributed by atoms with Gasteiger partial charge in [-0.3, -0.25) is 14.5 Å². The second kappa shape index (κ2) is 6.81. The molecule has 2 atom stereocenters. The number of nitrogens with zero attached hydrogens (tertiary/aromatic N) is 5. The normalized spacial score (nSPS) is 22.5. The molecule has 0 aromatic carbocycles. The summed E-state index contributed by atoms with van der Waals surface area (Å²) in [7, 11) is 1.53. The number of amides is 2. The van der Waals surface area contributed by atoms with E-state index < -0.39 is 5.97 Å². The zero-order chi connectivity index (χ0) is 17.3. The van der Waals surface area contributed by atoms with E-state index in [-0.39, 0.29) is 34.7 Å². The standard InChI is InChI=1S/C12H14N6O4S2/c1-13-8(19)4-17-12(14-15-16-17)23-5-6-2-7(11(21)22)18-9(20)3-10(18)24-6/h2,6,10H,3-5H2,1H3,(H,13,19)(H,21,22)/t6?,10-/m1/s1. The Hall–Kier alpha value is -2.08. The number of nitrogens with one attached hydrogen (secondary N) is 1. The van der Waals surface area contributed by atoms with Crippen LogP contribution in [0.15, 0.2) is 16.9 Å². The van der Waals surface area contributed by atoms with Gasteiger partial charge in [-0.05, 0) is 16.5 Å². The van der Waals surface area contributed by atoms with Crippen LogP contribution in [0, 0.1) is 0 Å². The maximum Gasteiger partial charge on any atom is 0.352 e. The molecule has 1 aromatic rings. The van der Waals surface area contributed by atoms with E-state index in [0.29, 0.717) is 17.3 Å². The fourth-order valence-electron chi connectivity index (χ4n) is 2.32. The van der Waals surface area contributed by atoms with E-state index in [1.807, 2.05) is 0 Å². The third kappa shape index (κ3) is 3.24. The van der Waals surface area contributed by atoms with Gasteiger partial charge < -0.3 is 10.4 Å². The molecular weight excluding hydrogens is 356 g/mol. The lowest BCUT2D eigenvalue weighted by Gasteiger charge is -2.44. The Balaban J connectivity index is 1.66. The molecule has 128 valence electrons. The SMILES string of the molecule is CNC(=O)Cn1nnnc1SCC1C=C(C(=O)O)N2C(=O)C[C@H]2S1. The predicted molar refractivity (Wildman–Crippen MR) is 85.0 cm³/mol. The first-order chi connectivity index (χ1) is 11.5. The number of carbonyl (C=O) groups excluding carboxylic acids is 2. The van der Waals surface area contributed by atoms with Gasteiger partial charge in [0.2, 0.25) is 17.0 Å². The highest BCUT2D eigenvalue weighted by atomic mass is 32.2. The van der Waals surface area contributed by atoms with Crippen LogP contribution in [0.2, 0.25) is 0 Å². The maximum atomic E-state index is 11.5. The molecule has 1 aromatic heterocycles. The molecule has 12 heteroatoms. The highest BCUT2D eigenvalue weighted by Gasteiger charge is 2.45. The molecule has 0 saturated carbocycles. The number of hydrogen-bond donors (Lipinski definition) is 2. The molecule has 2 aliphatic rings. The van der Waals surface area contributed by atoms with Crippen LogP contribution in [-0.4, -0.2) is 71.4 Å². The maximum absolute atomic E-state index is 11.5. The molecule has 2 N–H and O–H groups in total. The highest BCUT2D eigenvalue weighted by molar-refractivity contribution is 8.03. The summed E-state index contributed by atoms with van der Waals surface area (Å²) < 4.78 is 1.39. The molecular formula is C12H14N6O4S2. The van der Waals surface area contributed by atoms with Crippen LogP contribution in [0.1, 0.15) is 6.42 Å². The van der Waals surface area contributed by atoms with Gasteiger partial charge in [-0.15, -0.1) is 16.9 Å². The Morgan fingerprint density at radius 3 is 3.00 bits per heavy atom. The number of aliphatic carboxylic acids is 1. The van der Waals surface area contributed by atoms with Gasteiger partial charge in [-0.2, -0.15) is 0 Å². The quantitative estimate of drug-likeness (QED) is 0.486. The largest absolute Gasteiger partial charge is 0.477 e. The first-order valence-corrected chi connectivity index (χ1v) is 8.94. The van der Waals surface area contributed by atoms with Crippen LogP contribution in [0.3, 0.4) is 0 Å². The number of tetrazole rings is 1. The second-order valence-electron chi connectivity index (χ2n) is 5.06. The minimum atomic E-state index is -1.10. The molecule has 2 aliphatic heterocycles. The lowest BCUT2D eigenvalue weighted by Crippen LogP contribution is -2.54. The number of rotatable bonds is 6. The van der Waals surface area contributed by atoms with Gasteiger partial charge >= 0.3 is 5.97 Å². The molecule has 0 aliphatic carbocycles. The lowest BCUT2D eigenvalue weighted by atomic mass is 10.1. The number of fused-ring (bicyclic) bond motifs is 1. The van der Waals surface area contributed by atoms with Crippen LogP contribution < -0.4 is 5.32 Å². The van der Waals surface area contributed by atoms with Crippen molar-refractivity contribution >= 4 is 41.3 Å². The predicted octanol–water partition coefficient (Wildman–Crippen LogP) is -0.846. The molecule has 10 nitrogen and oxygen atoms in total. The van der Waals surface area contributed by atoms with E-state index in [4.69, 9.17) is 0 Å². The second-order valence-corrected chi connectivity index (χ2v) is 7.47. The number of carboxylic acids is 1. The summed E-state index contributed by atoms with van der Waals surface area (Å²) in [6, 6.07) is 0. The van der Waals surface area contributed by atoms with E-state index in [9.17, 15) is 19.5 Å². The summed E-state index contributed by atoms with van der Waals surface area (Å²) in [6.45, 7) is 0.0186. The van der Waals surface area contributed by atoms with E-state index in [1.165, 1.54) is 40.2 Å². The monoisotopic (exact) mass is 370 g/mol. The Morgan fingerprint density at radius 2 is 2.33 bits per heavy atom. The van der Waals surface area contributed by atoms with Gasteiger partial charge in [-0.25, -0.2) is 9.48 Å². The van der Waals surface area contributed by atoms with Gasteiger partial charge in [0.25, 0.3) is 0 Å². The minimum Gasteiger partial charge on any atom is -0.477 e. The van der Waals surface area contributed by atoms with Crippen molar-refractivity contribution in [3.63, 3.8) is 0 Å². The van der Waals surface area contributed by atoms with Gasteiger partial charge in [0.1, 0.15) is 12.2 Å². The fraction of sp³-hybridized carbons (Fsp3) is 0.500. The van der Waals surface area contributed by atoms with Crippen LogP contribution in [0.4, 0.5) is 0 Å². The lowest BCUT2D eigenvalue weighted by molar-refractivity contribution is -0.146. The molecule has 2 amide bonds. The van der Waals surface area contributed by atoms with E-state index in [1.54, 1.807) is 6.08 Å². The van der Waals surface area contributed by atoms with Crippen molar-refractivity contribution in [3.8, 4) is 0 Å². The van der Waals surface area contributed by atoms with Crippen molar-refractivity contribution in [1.29, 1.82) is 0 Å². The molecule has 24 heavy (non-hydrogen) atoms. The summed E-state index contributed by atoms with van der Waals surface area (Å²) >= 11 is 2.88. The van der Waals surface area contributed by atoms with Gasteiger partial charge in [-0.1, -0.05) is 11.8 Å². The zero-order valence-corrected chi connectivity index (χ0v) is 14.2. The fourth-order valence-corrected chi connectivity index (χ4v) is 4.79. The van der Waals surface area contributed by atoms with Gasteiger partial charge in [0.05, 0.1) is 11.8 Å². The molecule has 0 bridgehead atoms. The topological polar surface area (TPSA) is 130 Å². The number of hydrogen-bond acceptors (Lipinski definition) is 8. The summed E-state index contributed by atoms with van der Waals surface area (Å²) in [4.78, 5) is 35.6. The zero-order valence-electron chi connectivity index (χ0n) is 12.6. The van der Waals surface area contributed by atoms with Crippen molar-refractivity contribution < 1.29 is 19.5 Å². The van der Waals surface area contributed by atoms with E-state index in [0.717, 1.165) is 0 Å². The highest BCUT2D eigenvalue weighted by Crippen LogP contribution is 2.41. The first kappa shape index (κ1) is 16.8. The number of aromatic nitrogens is 4. The number of carboxylic acid groups (broad SMARTS) is 1. The molecule has 3 heterocycles. The average Bonchev–Trinajstić information content (AvgIpc) is 2.98. The van der Waals surface area contributed by atoms with Crippen molar-refractivity contribution in [3.05, 3.63) is 11.8 Å². The van der Waals surface area contributed by atoms with E-state index in [2.05, 4.69) is 20.8 Å². The summed E-state index contributed by atoms with van der Waals surface area (Å²) in [6.07, 6.45) is 1.94. The van der Waals surface area contributed by atoms with Crippen LogP contribution in [-0.2, 0) is 20.9 Å². The summed E-state index contributed by atoms with van der Waals surface area (Å²) in [5.41, 5.74) is 0.0329. The van der Waals surface area contributed by atoms with Crippen LogP contribution in [0.5, 0.6) is 0 Å². The molecule has 1 fully saturated rings. The third-order valence-corrected chi connectivity index (χ3v) is 6.14. The van der Waals surface area contributed by atoms with Crippen molar-refractivity contribution in [2.75, 3.05) is 12.8 Å². The number of β-lactam (4-membered cyclic amide) rings is 1. The Labute approximate surface area is 145 Å². The van der Waals surface area contributed by atoms with Gasteiger partial charge in [0.15, 0.2) is 0 Å². The minimum absolute atomic E-state index is 0.0186. The summed E-state index contributed by atoms with van der Waals surface area (Å²) in [5.74, 6) is -0.948. The molecule has 1 unspecified atom stereocenters. The van der Waals surface area contributed by atoms with Crippen molar-refractivity contribution in [2.45, 2.75) is 28.7 Å². The van der Waals surface area contributed by atoms with E-state index >= 15 is 0 Å². The molecule has 3 rings (SSSR count). The van der Waals surface area contributed by atoms with Crippen LogP contribution >= 0.6 is 23.5 Å². The van der Waals surface area contributed by atoms with Crippen LogP contribution in [0.25, 0.3) is 0 Å². The third-order valence-electron chi connectivity index (χ3n) is 3.51. The summed E-state index contributed by atoms with van der Waals surface area (Å²) in [5, 5.41) is 23.2. The van der Waals surface area contributed by atoms with Crippen molar-refractivity contribution in [2.24, 2.45) is 0 Å². The van der Waals surface area contributed by atoms with Gasteiger partial charge in [0, 0.05) is 18.1 Å². The van der Waals surface area contributed by atoms with Crippen molar-refractivity contribution in [1.82, 2.24) is 30.4 Å².